The van der Waals surface area contributed by atoms with Crippen LogP contribution in [0.5, 0.6) is 5.75 Å². The van der Waals surface area contributed by atoms with Crippen LogP contribution >= 0.6 is 0 Å². The number of carbonyl (C=O) groups is 2. The van der Waals surface area contributed by atoms with Crippen LogP contribution in [0.2, 0.25) is 0 Å². The molecule has 3 N–H and O–H groups in total. The van der Waals surface area contributed by atoms with E-state index in [0.29, 0.717) is 0 Å². The van der Waals surface area contributed by atoms with Gasteiger partial charge in [0.05, 0.1) is 5.69 Å². The van der Waals surface area contributed by atoms with E-state index < -0.39 is 24.3 Å². The van der Waals surface area contributed by atoms with Crippen LogP contribution in [-0.2, 0) is 9.59 Å². The molecule has 0 aliphatic carbocycles. The first kappa shape index (κ1) is 21.1. The summed E-state index contributed by atoms with van der Waals surface area (Å²) in [4.78, 5) is 17.8. The molecule has 1 heterocycles. The Labute approximate surface area is 130 Å². The van der Waals surface area contributed by atoms with Gasteiger partial charge < -0.3 is 20.3 Å². The van der Waals surface area contributed by atoms with Crippen molar-refractivity contribution in [3.05, 3.63) is 36.7 Å². The molecule has 0 bridgehead atoms. The van der Waals surface area contributed by atoms with Gasteiger partial charge in [0.2, 0.25) is 0 Å². The monoisotopic (exact) mass is 361 g/mol. The summed E-state index contributed by atoms with van der Waals surface area (Å²) in [6.45, 7) is 0. The Kier molecular flexibility index (Phi) is 7.59. The van der Waals surface area contributed by atoms with Crippen molar-refractivity contribution in [2.24, 2.45) is 0 Å². The summed E-state index contributed by atoms with van der Waals surface area (Å²) in [6.07, 6.45) is -6.77. The maximum atomic E-state index is 10.6. The minimum absolute atomic E-state index is 0.880. The molecule has 0 saturated heterocycles. The summed E-state index contributed by atoms with van der Waals surface area (Å²) >= 11 is 0. The van der Waals surface area contributed by atoms with E-state index >= 15 is 0 Å². The maximum absolute atomic E-state index is 10.6. The fourth-order valence-corrected chi connectivity index (χ4v) is 0.920. The van der Waals surface area contributed by atoms with Crippen LogP contribution in [0.15, 0.2) is 36.7 Å². The molecule has 12 heteroatoms. The second kappa shape index (κ2) is 8.64. The lowest BCUT2D eigenvalue weighted by molar-refractivity contribution is -0.193. The highest BCUT2D eigenvalue weighted by molar-refractivity contribution is 5.73. The van der Waals surface area contributed by atoms with E-state index in [9.17, 15) is 26.3 Å². The van der Waals surface area contributed by atoms with Gasteiger partial charge in [0.1, 0.15) is 12.0 Å². The van der Waals surface area contributed by atoms with E-state index in [1.165, 1.54) is 0 Å². The number of carboxylic acid groups (broad SMARTS) is 2. The fourth-order valence-electron chi connectivity index (χ4n) is 0.920. The first-order chi connectivity index (χ1) is 10.9. The van der Waals surface area contributed by atoms with Crippen molar-refractivity contribution in [1.82, 2.24) is 0 Å². The Morgan fingerprint density at radius 3 is 1.71 bits per heavy atom. The highest BCUT2D eigenvalue weighted by atomic mass is 19.4. The minimum atomic E-state index is -5.08. The number of benzene rings is 1. The number of fused-ring (bicyclic) bond motifs is 1. The third-order valence-corrected chi connectivity index (χ3v) is 1.87. The number of alkyl halides is 6. The molecule has 6 nitrogen and oxygen atoms in total. The van der Waals surface area contributed by atoms with Crippen LogP contribution in [0.25, 0.3) is 0 Å². The second-order valence-corrected chi connectivity index (χ2v) is 3.67. The number of para-hydroxylation sites is 2. The average molecular weight is 361 g/mol. The van der Waals surface area contributed by atoms with Crippen molar-refractivity contribution in [2.45, 2.75) is 12.4 Å². The molecule has 2 rings (SSSR count). The minimum Gasteiger partial charge on any atom is -0.475 e. The molecule has 0 spiro atoms. The van der Waals surface area contributed by atoms with Crippen molar-refractivity contribution in [3.8, 4) is 5.75 Å². The van der Waals surface area contributed by atoms with Crippen LogP contribution in [-0.4, -0.2) is 34.5 Å². The number of rotatable bonds is 0. The highest BCUT2D eigenvalue weighted by Crippen LogP contribution is 2.25. The number of carboxylic acids is 2. The molecule has 0 radical (unpaired) electrons. The predicted molar refractivity (Wildman–Crippen MR) is 67.2 cm³/mol. The summed E-state index contributed by atoms with van der Waals surface area (Å²) in [7, 11) is 0. The van der Waals surface area contributed by atoms with Crippen LogP contribution < -0.4 is 10.1 Å². The third kappa shape index (κ3) is 8.51. The van der Waals surface area contributed by atoms with Crippen molar-refractivity contribution in [3.63, 3.8) is 0 Å². The van der Waals surface area contributed by atoms with Gasteiger partial charge in [-0.3, -0.25) is 0 Å². The lowest BCUT2D eigenvalue weighted by Crippen LogP contribution is -2.21. The Hall–Kier alpha value is -2.92. The van der Waals surface area contributed by atoms with E-state index in [0.717, 1.165) is 11.4 Å². The first-order valence-corrected chi connectivity index (χ1v) is 5.63. The average Bonchev–Trinajstić information content (AvgIpc) is 2.46. The number of anilines is 1. The largest absolute Gasteiger partial charge is 0.490 e. The lowest BCUT2D eigenvalue weighted by atomic mass is 10.3. The van der Waals surface area contributed by atoms with E-state index in [1.807, 2.05) is 24.3 Å². The van der Waals surface area contributed by atoms with Gasteiger partial charge in [-0.2, -0.15) is 26.3 Å². The zero-order valence-corrected chi connectivity index (χ0v) is 11.4. The molecule has 0 amide bonds. The summed E-state index contributed by atoms with van der Waals surface area (Å²) in [5.74, 6) is -4.63. The van der Waals surface area contributed by atoms with E-state index in [1.54, 1.807) is 12.5 Å². The number of nitrogens with one attached hydrogen (secondary N) is 1. The van der Waals surface area contributed by atoms with Crippen LogP contribution in [0, 0.1) is 0 Å². The molecule has 1 aromatic carbocycles. The SMILES string of the molecule is C1=COc2ccccc2N1.O=C(O)C(F)(F)F.O=C(O)C(F)(F)F. The number of halogens is 6. The van der Waals surface area contributed by atoms with Gasteiger partial charge in [-0.15, -0.1) is 0 Å². The molecule has 1 aromatic rings. The molecule has 1 aliphatic heterocycles. The van der Waals surface area contributed by atoms with Crippen molar-refractivity contribution in [1.29, 1.82) is 0 Å². The molecule has 0 saturated carbocycles. The number of hydrogen-bond donors (Lipinski definition) is 3. The number of aliphatic carboxylic acids is 2. The Morgan fingerprint density at radius 1 is 0.917 bits per heavy atom. The quantitative estimate of drug-likeness (QED) is 0.614. The molecule has 0 atom stereocenters. The van der Waals surface area contributed by atoms with Crippen molar-refractivity contribution >= 4 is 17.6 Å². The summed E-state index contributed by atoms with van der Waals surface area (Å²) in [6, 6.07) is 7.80. The zero-order valence-electron chi connectivity index (χ0n) is 11.4. The fraction of sp³-hybridized carbons (Fsp3) is 0.167. The predicted octanol–water partition coefficient (Wildman–Crippen LogP) is 3.23. The number of ether oxygens (including phenoxy) is 1. The standard InChI is InChI=1S/C8H7NO.2C2HF3O2/c1-2-4-8-7(3-1)9-5-6-10-8;2*3-2(4,5)1(6)7/h1-6,9H;2*(H,6,7). The third-order valence-electron chi connectivity index (χ3n) is 1.87. The summed E-state index contributed by atoms with van der Waals surface area (Å²) in [5.41, 5.74) is 1.02. The smallest absolute Gasteiger partial charge is 0.475 e. The van der Waals surface area contributed by atoms with Crippen LogP contribution in [0.1, 0.15) is 0 Å². The molecule has 0 aromatic heterocycles. The Balaban J connectivity index is 0.000000343. The first-order valence-electron chi connectivity index (χ1n) is 5.63. The molecule has 134 valence electrons. The lowest BCUT2D eigenvalue weighted by Gasteiger charge is -2.11. The summed E-state index contributed by atoms with van der Waals surface area (Å²) in [5, 5.41) is 17.3. The van der Waals surface area contributed by atoms with E-state index in [2.05, 4.69) is 5.32 Å². The highest BCUT2D eigenvalue weighted by Gasteiger charge is 2.38. The normalized spacial score (nSPS) is 12.1. The zero-order chi connectivity index (χ0) is 19.0. The van der Waals surface area contributed by atoms with Gasteiger partial charge in [0.15, 0.2) is 0 Å². The number of hydrogen-bond acceptors (Lipinski definition) is 4. The van der Waals surface area contributed by atoms with E-state index in [-0.39, 0.29) is 0 Å². The van der Waals surface area contributed by atoms with Crippen LogP contribution in [0.4, 0.5) is 32.0 Å². The van der Waals surface area contributed by atoms with Crippen LogP contribution in [0.3, 0.4) is 0 Å². The maximum Gasteiger partial charge on any atom is 0.490 e. The molecule has 1 aliphatic rings. The molecule has 24 heavy (non-hydrogen) atoms. The Morgan fingerprint density at radius 2 is 1.33 bits per heavy atom. The van der Waals surface area contributed by atoms with Gasteiger partial charge in [0.25, 0.3) is 0 Å². The molecular formula is C12H9F6NO5. The topological polar surface area (TPSA) is 95.9 Å². The molecule has 0 fully saturated rings. The summed E-state index contributed by atoms with van der Waals surface area (Å²) < 4.78 is 68.7. The second-order valence-electron chi connectivity index (χ2n) is 3.67. The van der Waals surface area contributed by atoms with Gasteiger partial charge in [-0.1, -0.05) is 12.1 Å². The van der Waals surface area contributed by atoms with Gasteiger partial charge >= 0.3 is 24.3 Å². The van der Waals surface area contributed by atoms with Gasteiger partial charge in [0, 0.05) is 6.20 Å². The van der Waals surface area contributed by atoms with Gasteiger partial charge in [-0.25, -0.2) is 9.59 Å². The van der Waals surface area contributed by atoms with Crippen molar-refractivity contribution < 1.29 is 50.9 Å². The van der Waals surface area contributed by atoms with Crippen molar-refractivity contribution in [2.75, 3.05) is 5.32 Å². The van der Waals surface area contributed by atoms with Gasteiger partial charge in [-0.05, 0) is 12.1 Å². The van der Waals surface area contributed by atoms with E-state index in [4.69, 9.17) is 24.5 Å². The molecular weight excluding hydrogens is 352 g/mol. The Bertz CT molecular complexity index is 545. The molecule has 0 unspecified atom stereocenters.